The van der Waals surface area contributed by atoms with Crippen molar-refractivity contribution in [3.05, 3.63) is 35.9 Å². The molecule has 2 rings (SSSR count). The first kappa shape index (κ1) is 15.5. The van der Waals surface area contributed by atoms with Crippen LogP contribution in [0.3, 0.4) is 0 Å². The molecule has 0 aliphatic carbocycles. The SMILES string of the molecule is CN(C(=O)C(Br)CBr)c1cn(-c2cccnc2)nc1Cl. The van der Waals surface area contributed by atoms with Crippen molar-refractivity contribution < 1.29 is 4.79 Å². The number of hydrogen-bond acceptors (Lipinski definition) is 3. The van der Waals surface area contributed by atoms with Crippen molar-refractivity contribution in [2.24, 2.45) is 0 Å². The topological polar surface area (TPSA) is 51.0 Å². The molecule has 0 saturated carbocycles. The molecule has 5 nitrogen and oxygen atoms in total. The molecule has 2 heterocycles. The Bertz CT molecular complexity index is 605. The normalized spacial score (nSPS) is 12.2. The van der Waals surface area contributed by atoms with Crippen molar-refractivity contribution in [3.8, 4) is 5.69 Å². The zero-order chi connectivity index (χ0) is 14.7. The molecular formula is C12H11Br2ClN4O. The number of rotatable bonds is 4. The fourth-order valence-corrected chi connectivity index (χ4v) is 2.43. The molecular weight excluding hydrogens is 411 g/mol. The maximum atomic E-state index is 12.1. The lowest BCUT2D eigenvalue weighted by Gasteiger charge is -2.17. The summed E-state index contributed by atoms with van der Waals surface area (Å²) in [4.78, 5) is 17.3. The van der Waals surface area contributed by atoms with Crippen LogP contribution in [0.1, 0.15) is 0 Å². The summed E-state index contributed by atoms with van der Waals surface area (Å²) in [6.07, 6.45) is 5.04. The van der Waals surface area contributed by atoms with Gasteiger partial charge in [0.25, 0.3) is 0 Å². The first-order valence-electron chi connectivity index (χ1n) is 5.67. The molecule has 8 heteroatoms. The summed E-state index contributed by atoms with van der Waals surface area (Å²) >= 11 is 12.7. The largest absolute Gasteiger partial charge is 0.310 e. The summed E-state index contributed by atoms with van der Waals surface area (Å²) in [6.45, 7) is 0. The van der Waals surface area contributed by atoms with Crippen LogP contribution in [0, 0.1) is 0 Å². The Labute approximate surface area is 138 Å². The summed E-state index contributed by atoms with van der Waals surface area (Å²) in [5.74, 6) is -0.102. The third-order valence-electron chi connectivity index (χ3n) is 2.66. The van der Waals surface area contributed by atoms with Gasteiger partial charge >= 0.3 is 0 Å². The van der Waals surface area contributed by atoms with Crippen molar-refractivity contribution in [1.82, 2.24) is 14.8 Å². The van der Waals surface area contributed by atoms with Gasteiger partial charge < -0.3 is 4.90 Å². The van der Waals surface area contributed by atoms with Crippen LogP contribution in [-0.2, 0) is 4.79 Å². The van der Waals surface area contributed by atoms with Crippen molar-refractivity contribution in [2.75, 3.05) is 17.3 Å². The third kappa shape index (κ3) is 3.21. The molecule has 0 aliphatic rings. The standard InChI is InChI=1S/C12H11Br2ClN4O/c1-18(12(20)9(14)5-13)10-7-19(17-11(10)15)8-3-2-4-16-6-8/h2-4,6-7,9H,5H2,1H3. The van der Waals surface area contributed by atoms with Gasteiger partial charge in [0.1, 0.15) is 10.5 Å². The minimum atomic E-state index is -0.315. The van der Waals surface area contributed by atoms with Crippen LogP contribution in [-0.4, -0.2) is 37.9 Å². The average molecular weight is 423 g/mol. The molecule has 0 bridgehead atoms. The second-order valence-corrected chi connectivity index (χ2v) is 6.09. The molecule has 1 atom stereocenters. The lowest BCUT2D eigenvalue weighted by Crippen LogP contribution is -2.34. The van der Waals surface area contributed by atoms with Gasteiger partial charge in [-0.3, -0.25) is 9.78 Å². The number of alkyl halides is 2. The Morgan fingerprint density at radius 1 is 1.60 bits per heavy atom. The summed E-state index contributed by atoms with van der Waals surface area (Å²) in [6, 6.07) is 3.66. The fourth-order valence-electron chi connectivity index (χ4n) is 1.59. The number of anilines is 1. The van der Waals surface area contributed by atoms with E-state index < -0.39 is 0 Å². The van der Waals surface area contributed by atoms with Gasteiger partial charge in [-0.2, -0.15) is 5.10 Å². The summed E-state index contributed by atoms with van der Waals surface area (Å²) in [5.41, 5.74) is 1.32. The van der Waals surface area contributed by atoms with Crippen LogP contribution in [0.15, 0.2) is 30.7 Å². The van der Waals surface area contributed by atoms with E-state index in [4.69, 9.17) is 11.6 Å². The highest BCUT2D eigenvalue weighted by Gasteiger charge is 2.23. The maximum Gasteiger partial charge on any atom is 0.241 e. The Balaban J connectivity index is 2.30. The highest BCUT2D eigenvalue weighted by atomic mass is 79.9. The highest BCUT2D eigenvalue weighted by molar-refractivity contribution is 9.12. The molecule has 1 unspecified atom stereocenters. The van der Waals surface area contributed by atoms with Crippen molar-refractivity contribution in [1.29, 1.82) is 0 Å². The van der Waals surface area contributed by atoms with Crippen LogP contribution in [0.4, 0.5) is 5.69 Å². The van der Waals surface area contributed by atoms with E-state index >= 15 is 0 Å². The molecule has 0 aliphatic heterocycles. The van der Waals surface area contributed by atoms with E-state index in [0.29, 0.717) is 11.0 Å². The van der Waals surface area contributed by atoms with Gasteiger partial charge in [-0.25, -0.2) is 4.68 Å². The second kappa shape index (κ2) is 6.69. The van der Waals surface area contributed by atoms with Gasteiger partial charge in [-0.15, -0.1) is 0 Å². The van der Waals surface area contributed by atoms with Gasteiger partial charge in [0.05, 0.1) is 18.1 Å². The molecule has 20 heavy (non-hydrogen) atoms. The summed E-state index contributed by atoms with van der Waals surface area (Å²) in [5, 5.41) is 4.97. The van der Waals surface area contributed by atoms with E-state index in [-0.39, 0.29) is 15.9 Å². The quantitative estimate of drug-likeness (QED) is 0.712. The smallest absolute Gasteiger partial charge is 0.241 e. The van der Waals surface area contributed by atoms with E-state index in [0.717, 1.165) is 5.69 Å². The Kier molecular flexibility index (Phi) is 5.17. The van der Waals surface area contributed by atoms with E-state index in [9.17, 15) is 4.79 Å². The number of nitrogens with zero attached hydrogens (tertiary/aromatic N) is 4. The number of amides is 1. The zero-order valence-corrected chi connectivity index (χ0v) is 14.4. The molecule has 0 N–H and O–H groups in total. The minimum Gasteiger partial charge on any atom is -0.310 e. The first-order valence-corrected chi connectivity index (χ1v) is 8.09. The molecule has 0 fully saturated rings. The van der Waals surface area contributed by atoms with E-state index in [1.807, 2.05) is 6.07 Å². The molecule has 0 radical (unpaired) electrons. The Morgan fingerprint density at radius 3 is 2.95 bits per heavy atom. The lowest BCUT2D eigenvalue weighted by molar-refractivity contribution is -0.117. The zero-order valence-electron chi connectivity index (χ0n) is 10.5. The average Bonchev–Trinajstić information content (AvgIpc) is 2.87. The first-order chi connectivity index (χ1) is 9.54. The van der Waals surface area contributed by atoms with E-state index in [1.54, 1.807) is 36.4 Å². The van der Waals surface area contributed by atoms with Crippen molar-refractivity contribution in [3.63, 3.8) is 0 Å². The van der Waals surface area contributed by atoms with Crippen LogP contribution in [0.2, 0.25) is 5.15 Å². The number of carbonyl (C=O) groups is 1. The van der Waals surface area contributed by atoms with Gasteiger partial charge in [0, 0.05) is 18.6 Å². The number of pyridine rings is 1. The number of aromatic nitrogens is 3. The third-order valence-corrected chi connectivity index (χ3v) is 5.16. The molecule has 0 spiro atoms. The van der Waals surface area contributed by atoms with Crippen LogP contribution in [0.5, 0.6) is 0 Å². The van der Waals surface area contributed by atoms with E-state index in [1.165, 1.54) is 4.90 Å². The van der Waals surface area contributed by atoms with Crippen LogP contribution >= 0.6 is 43.5 Å². The molecule has 106 valence electrons. The Morgan fingerprint density at radius 2 is 2.35 bits per heavy atom. The number of carbonyl (C=O) groups excluding carboxylic acids is 1. The molecule has 0 aromatic carbocycles. The molecule has 1 amide bonds. The summed E-state index contributed by atoms with van der Waals surface area (Å²) in [7, 11) is 1.66. The molecule has 0 saturated heterocycles. The predicted molar refractivity (Wildman–Crippen MR) is 86.3 cm³/mol. The molecule has 2 aromatic heterocycles. The summed E-state index contributed by atoms with van der Waals surface area (Å²) < 4.78 is 1.59. The molecule has 2 aromatic rings. The van der Waals surface area contributed by atoms with Gasteiger partial charge in [0.2, 0.25) is 5.91 Å². The lowest BCUT2D eigenvalue weighted by atomic mass is 10.4. The monoisotopic (exact) mass is 420 g/mol. The predicted octanol–water partition coefficient (Wildman–Crippen LogP) is 3.04. The number of halogens is 3. The van der Waals surface area contributed by atoms with Gasteiger partial charge in [0.15, 0.2) is 5.15 Å². The van der Waals surface area contributed by atoms with Gasteiger partial charge in [-0.1, -0.05) is 43.5 Å². The van der Waals surface area contributed by atoms with Gasteiger partial charge in [-0.05, 0) is 12.1 Å². The Hall–Kier alpha value is -0.920. The minimum absolute atomic E-state index is 0.102. The van der Waals surface area contributed by atoms with Crippen molar-refractivity contribution in [2.45, 2.75) is 4.83 Å². The highest BCUT2D eigenvalue weighted by Crippen LogP contribution is 2.26. The second-order valence-electron chi connectivity index (χ2n) is 3.98. The van der Waals surface area contributed by atoms with Crippen molar-refractivity contribution >= 4 is 55.1 Å². The van der Waals surface area contributed by atoms with E-state index in [2.05, 4.69) is 41.9 Å². The maximum absolute atomic E-state index is 12.1. The number of hydrogen-bond donors (Lipinski definition) is 0. The van der Waals surface area contributed by atoms with Crippen LogP contribution in [0.25, 0.3) is 5.69 Å². The van der Waals surface area contributed by atoms with Crippen LogP contribution < -0.4 is 4.90 Å². The fraction of sp³-hybridized carbons (Fsp3) is 0.250.